The summed E-state index contributed by atoms with van der Waals surface area (Å²) in [6.45, 7) is 0. The van der Waals surface area contributed by atoms with Crippen LogP contribution in [0.15, 0.2) is 72.8 Å². The van der Waals surface area contributed by atoms with Crippen molar-refractivity contribution in [1.82, 2.24) is 0 Å². The van der Waals surface area contributed by atoms with E-state index < -0.39 is 0 Å². The predicted octanol–water partition coefficient (Wildman–Crippen LogP) is 4.96. The first-order valence-corrected chi connectivity index (χ1v) is 8.38. The van der Waals surface area contributed by atoms with Crippen molar-refractivity contribution in [1.29, 1.82) is 0 Å². The normalized spacial score (nSPS) is 16.3. The average Bonchev–Trinajstić information content (AvgIpc) is 3.03. The van der Waals surface area contributed by atoms with Crippen LogP contribution in [-0.4, -0.2) is 10.2 Å². The fourth-order valence-electron chi connectivity index (χ4n) is 3.96. The summed E-state index contributed by atoms with van der Waals surface area (Å²) in [5.74, 6) is 1.20. The summed E-state index contributed by atoms with van der Waals surface area (Å²) < 4.78 is 0. The Morgan fingerprint density at radius 1 is 0.708 bits per heavy atom. The van der Waals surface area contributed by atoms with Gasteiger partial charge in [-0.2, -0.15) is 0 Å². The average molecular weight is 316 g/mol. The highest BCUT2D eigenvalue weighted by Gasteiger charge is 2.31. The molecule has 1 atom stereocenters. The van der Waals surface area contributed by atoms with Crippen LogP contribution in [0.5, 0.6) is 11.5 Å². The van der Waals surface area contributed by atoms with Crippen LogP contribution in [0.4, 0.5) is 0 Å². The Hall–Kier alpha value is -2.74. The van der Waals surface area contributed by atoms with E-state index in [1.165, 1.54) is 22.3 Å². The van der Waals surface area contributed by atoms with E-state index in [1.807, 2.05) is 24.3 Å². The monoisotopic (exact) mass is 316 g/mol. The van der Waals surface area contributed by atoms with Gasteiger partial charge in [-0.15, -0.1) is 0 Å². The molecule has 0 amide bonds. The minimum atomic E-state index is 0.217. The smallest absolute Gasteiger partial charge is 0.115 e. The number of phenolic OH excluding ortho intramolecular Hbond substituents is 2. The van der Waals surface area contributed by atoms with Gasteiger partial charge >= 0.3 is 0 Å². The second-order valence-electron chi connectivity index (χ2n) is 6.50. The number of fused-ring (bicyclic) bond motifs is 1. The predicted molar refractivity (Wildman–Crippen MR) is 95.6 cm³/mol. The van der Waals surface area contributed by atoms with Crippen LogP contribution in [0.2, 0.25) is 0 Å². The minimum absolute atomic E-state index is 0.217. The molecule has 2 N–H and O–H groups in total. The molecule has 1 aliphatic carbocycles. The molecule has 0 aliphatic heterocycles. The summed E-state index contributed by atoms with van der Waals surface area (Å²) in [5, 5.41) is 19.3. The number of hydrogen-bond acceptors (Lipinski definition) is 2. The summed E-state index contributed by atoms with van der Waals surface area (Å²) in [6.07, 6.45) is 2.22. The van der Waals surface area contributed by atoms with Gasteiger partial charge < -0.3 is 10.2 Å². The van der Waals surface area contributed by atoms with E-state index in [0.29, 0.717) is 5.92 Å². The minimum Gasteiger partial charge on any atom is -0.508 e. The summed E-state index contributed by atoms with van der Waals surface area (Å²) in [5.41, 5.74) is 5.24. The second-order valence-corrected chi connectivity index (χ2v) is 6.50. The highest BCUT2D eigenvalue weighted by atomic mass is 16.3. The topological polar surface area (TPSA) is 40.5 Å². The summed E-state index contributed by atoms with van der Waals surface area (Å²) in [7, 11) is 0. The maximum absolute atomic E-state index is 9.64. The first kappa shape index (κ1) is 14.8. The standard InChI is InChI=1S/C22H20O2/c23-18-10-5-16(6-11-18)22(17-7-12-19(24)13-8-17)21-14-9-15-3-1-2-4-20(15)21/h1-8,10-13,21-24H,9,14H2. The molecule has 3 aromatic rings. The second kappa shape index (κ2) is 6.04. The third-order valence-electron chi connectivity index (χ3n) is 5.09. The first-order chi connectivity index (χ1) is 11.7. The van der Waals surface area contributed by atoms with Gasteiger partial charge in [0.25, 0.3) is 0 Å². The third kappa shape index (κ3) is 2.65. The van der Waals surface area contributed by atoms with E-state index in [9.17, 15) is 10.2 Å². The molecule has 0 saturated heterocycles. The number of rotatable bonds is 3. The Labute approximate surface area is 142 Å². The fourth-order valence-corrected chi connectivity index (χ4v) is 3.96. The van der Waals surface area contributed by atoms with Gasteiger partial charge in [0.2, 0.25) is 0 Å². The molecule has 0 heterocycles. The van der Waals surface area contributed by atoms with E-state index in [1.54, 1.807) is 24.3 Å². The highest BCUT2D eigenvalue weighted by molar-refractivity contribution is 5.45. The molecular weight excluding hydrogens is 296 g/mol. The van der Waals surface area contributed by atoms with E-state index in [-0.39, 0.29) is 17.4 Å². The number of phenols is 2. The van der Waals surface area contributed by atoms with Crippen LogP contribution in [-0.2, 0) is 6.42 Å². The van der Waals surface area contributed by atoms with Crippen LogP contribution in [0.3, 0.4) is 0 Å². The molecule has 1 unspecified atom stereocenters. The van der Waals surface area contributed by atoms with Crippen molar-refractivity contribution >= 4 is 0 Å². The van der Waals surface area contributed by atoms with Gasteiger partial charge in [-0.25, -0.2) is 0 Å². The molecule has 2 nitrogen and oxygen atoms in total. The molecule has 0 fully saturated rings. The van der Waals surface area contributed by atoms with Crippen LogP contribution < -0.4 is 0 Å². The highest BCUT2D eigenvalue weighted by Crippen LogP contribution is 2.46. The lowest BCUT2D eigenvalue weighted by molar-refractivity contribution is 0.474. The van der Waals surface area contributed by atoms with Gasteiger partial charge in [0.15, 0.2) is 0 Å². The summed E-state index contributed by atoms with van der Waals surface area (Å²) >= 11 is 0. The largest absolute Gasteiger partial charge is 0.508 e. The molecule has 24 heavy (non-hydrogen) atoms. The van der Waals surface area contributed by atoms with Crippen molar-refractivity contribution in [3.05, 3.63) is 95.1 Å². The van der Waals surface area contributed by atoms with Crippen molar-refractivity contribution in [2.45, 2.75) is 24.7 Å². The molecule has 0 spiro atoms. The van der Waals surface area contributed by atoms with Crippen molar-refractivity contribution in [3.8, 4) is 11.5 Å². The molecule has 0 saturated carbocycles. The quantitative estimate of drug-likeness (QED) is 0.717. The summed E-state index contributed by atoms with van der Waals surface area (Å²) in [6, 6.07) is 23.7. The Balaban J connectivity index is 1.82. The first-order valence-electron chi connectivity index (χ1n) is 8.38. The fraction of sp³-hybridized carbons (Fsp3) is 0.182. The van der Waals surface area contributed by atoms with Crippen molar-refractivity contribution in [2.75, 3.05) is 0 Å². The van der Waals surface area contributed by atoms with Gasteiger partial charge in [0.05, 0.1) is 0 Å². The zero-order valence-electron chi connectivity index (χ0n) is 13.4. The Bertz CT molecular complexity index is 789. The van der Waals surface area contributed by atoms with E-state index >= 15 is 0 Å². The molecule has 1 aliphatic rings. The van der Waals surface area contributed by atoms with Crippen LogP contribution >= 0.6 is 0 Å². The molecule has 3 aromatic carbocycles. The molecule has 120 valence electrons. The lowest BCUT2D eigenvalue weighted by Crippen LogP contribution is -2.10. The molecule has 0 bridgehead atoms. The molecule has 4 rings (SSSR count). The Kier molecular flexibility index (Phi) is 3.73. The Morgan fingerprint density at radius 2 is 1.25 bits per heavy atom. The number of hydrogen-bond donors (Lipinski definition) is 2. The lowest BCUT2D eigenvalue weighted by Gasteiger charge is -2.26. The third-order valence-corrected chi connectivity index (χ3v) is 5.09. The maximum atomic E-state index is 9.64. The SMILES string of the molecule is Oc1ccc(C(c2ccc(O)cc2)C2CCc3ccccc32)cc1. The van der Waals surface area contributed by atoms with Gasteiger partial charge in [0, 0.05) is 5.92 Å². The molecular formula is C22H20O2. The van der Waals surface area contributed by atoms with Gasteiger partial charge in [-0.3, -0.25) is 0 Å². The zero-order valence-corrected chi connectivity index (χ0v) is 13.4. The van der Waals surface area contributed by atoms with Crippen molar-refractivity contribution in [2.24, 2.45) is 0 Å². The maximum Gasteiger partial charge on any atom is 0.115 e. The number of aromatic hydroxyl groups is 2. The van der Waals surface area contributed by atoms with Gasteiger partial charge in [-0.05, 0) is 65.3 Å². The number of benzene rings is 3. The van der Waals surface area contributed by atoms with Gasteiger partial charge in [-0.1, -0.05) is 48.5 Å². The van der Waals surface area contributed by atoms with Crippen LogP contribution in [0.25, 0.3) is 0 Å². The van der Waals surface area contributed by atoms with E-state index in [0.717, 1.165) is 12.8 Å². The van der Waals surface area contributed by atoms with E-state index in [4.69, 9.17) is 0 Å². The number of aryl methyl sites for hydroxylation is 1. The Morgan fingerprint density at radius 3 is 1.83 bits per heavy atom. The lowest BCUT2D eigenvalue weighted by atomic mass is 9.78. The molecule has 0 aromatic heterocycles. The van der Waals surface area contributed by atoms with Gasteiger partial charge in [0.1, 0.15) is 11.5 Å². The van der Waals surface area contributed by atoms with Crippen LogP contribution in [0, 0.1) is 0 Å². The zero-order chi connectivity index (χ0) is 16.5. The van der Waals surface area contributed by atoms with E-state index in [2.05, 4.69) is 24.3 Å². The van der Waals surface area contributed by atoms with Crippen LogP contribution in [0.1, 0.15) is 40.5 Å². The molecule has 2 heteroatoms. The van der Waals surface area contributed by atoms with Crippen molar-refractivity contribution in [3.63, 3.8) is 0 Å². The van der Waals surface area contributed by atoms with Crippen molar-refractivity contribution < 1.29 is 10.2 Å². The molecule has 0 radical (unpaired) electrons. The summed E-state index contributed by atoms with van der Waals surface area (Å²) in [4.78, 5) is 0.